The first-order valence-corrected chi connectivity index (χ1v) is 9.62. The van der Waals surface area contributed by atoms with E-state index in [2.05, 4.69) is 4.90 Å². The third kappa shape index (κ3) is 4.14. The predicted octanol–water partition coefficient (Wildman–Crippen LogP) is 0.189. The average molecular weight is 350 g/mol. The molecule has 7 heteroatoms. The lowest BCUT2D eigenvalue weighted by Crippen LogP contribution is -2.46. The van der Waals surface area contributed by atoms with Crippen LogP contribution in [0.5, 0.6) is 0 Å². The van der Waals surface area contributed by atoms with Crippen molar-refractivity contribution in [1.29, 1.82) is 0 Å². The summed E-state index contributed by atoms with van der Waals surface area (Å²) in [7, 11) is 0. The zero-order valence-electron chi connectivity index (χ0n) is 15.0. The van der Waals surface area contributed by atoms with Gasteiger partial charge in [-0.15, -0.1) is 0 Å². The second-order valence-electron chi connectivity index (χ2n) is 7.66. The van der Waals surface area contributed by atoms with Crippen LogP contribution in [0, 0.1) is 5.41 Å². The van der Waals surface area contributed by atoms with E-state index in [0.29, 0.717) is 45.6 Å². The summed E-state index contributed by atoms with van der Waals surface area (Å²) in [5.41, 5.74) is 4.46. The number of hydrogen-bond donors (Lipinski definition) is 1. The maximum absolute atomic E-state index is 12.6. The third-order valence-electron chi connectivity index (χ3n) is 5.82. The van der Waals surface area contributed by atoms with Gasteiger partial charge in [-0.25, -0.2) is 0 Å². The van der Waals surface area contributed by atoms with E-state index in [0.717, 1.165) is 19.5 Å². The summed E-state index contributed by atoms with van der Waals surface area (Å²) in [5.74, 6) is -0.482. The lowest BCUT2D eigenvalue weighted by Gasteiger charge is -2.26. The van der Waals surface area contributed by atoms with Gasteiger partial charge in [-0.3, -0.25) is 19.3 Å². The molecule has 1 saturated carbocycles. The molecule has 2 heterocycles. The maximum Gasteiger partial charge on any atom is 0.238 e. The van der Waals surface area contributed by atoms with Gasteiger partial charge in [0, 0.05) is 26.2 Å². The lowest BCUT2D eigenvalue weighted by atomic mass is 10.0. The molecular formula is C18H30N4O3. The van der Waals surface area contributed by atoms with E-state index in [9.17, 15) is 14.4 Å². The molecule has 1 aliphatic carbocycles. The molecule has 0 radical (unpaired) electrons. The molecule has 25 heavy (non-hydrogen) atoms. The normalized spacial score (nSPS) is 24.3. The quantitative estimate of drug-likeness (QED) is 0.733. The van der Waals surface area contributed by atoms with E-state index < -0.39 is 11.3 Å². The number of carbonyl (C=O) groups excluding carboxylic acids is 3. The van der Waals surface area contributed by atoms with Crippen molar-refractivity contribution < 1.29 is 14.4 Å². The van der Waals surface area contributed by atoms with Crippen molar-refractivity contribution >= 4 is 17.7 Å². The van der Waals surface area contributed by atoms with Crippen LogP contribution in [0.1, 0.15) is 44.9 Å². The Kier molecular flexibility index (Phi) is 5.61. The van der Waals surface area contributed by atoms with Crippen molar-refractivity contribution in [3.05, 3.63) is 0 Å². The van der Waals surface area contributed by atoms with Crippen LogP contribution in [0.3, 0.4) is 0 Å². The number of amides is 3. The van der Waals surface area contributed by atoms with Crippen molar-refractivity contribution in [3.8, 4) is 0 Å². The largest absolute Gasteiger partial charge is 0.369 e. The molecule has 2 aliphatic heterocycles. The molecule has 0 unspecified atom stereocenters. The molecule has 7 nitrogen and oxygen atoms in total. The molecule has 0 aromatic rings. The number of rotatable bonds is 4. The van der Waals surface area contributed by atoms with E-state index in [-0.39, 0.29) is 11.8 Å². The van der Waals surface area contributed by atoms with Crippen LogP contribution in [0.25, 0.3) is 0 Å². The molecule has 3 fully saturated rings. The van der Waals surface area contributed by atoms with Crippen LogP contribution in [0.2, 0.25) is 0 Å². The van der Waals surface area contributed by atoms with E-state index in [1.165, 1.54) is 25.7 Å². The van der Waals surface area contributed by atoms with Gasteiger partial charge in [0.2, 0.25) is 17.7 Å². The molecule has 0 spiro atoms. The van der Waals surface area contributed by atoms with Gasteiger partial charge < -0.3 is 15.5 Å². The third-order valence-corrected chi connectivity index (χ3v) is 5.82. The first kappa shape index (κ1) is 18.2. The van der Waals surface area contributed by atoms with Gasteiger partial charge in [0.25, 0.3) is 0 Å². The van der Waals surface area contributed by atoms with Crippen LogP contribution >= 0.6 is 0 Å². The molecule has 0 atom stereocenters. The number of carbonyl (C=O) groups is 3. The van der Waals surface area contributed by atoms with Crippen LogP contribution in [-0.2, 0) is 14.4 Å². The fraction of sp³-hybridized carbons (Fsp3) is 0.833. The van der Waals surface area contributed by atoms with E-state index in [4.69, 9.17) is 5.73 Å². The summed E-state index contributed by atoms with van der Waals surface area (Å²) < 4.78 is 0. The molecule has 140 valence electrons. The van der Waals surface area contributed by atoms with Gasteiger partial charge in [0.15, 0.2) is 0 Å². The Morgan fingerprint density at radius 1 is 0.760 bits per heavy atom. The highest BCUT2D eigenvalue weighted by Crippen LogP contribution is 2.47. The van der Waals surface area contributed by atoms with Crippen molar-refractivity contribution in [2.75, 3.05) is 45.8 Å². The average Bonchev–Trinajstić information content (AvgIpc) is 3.41. The minimum absolute atomic E-state index is 0.137. The predicted molar refractivity (Wildman–Crippen MR) is 93.5 cm³/mol. The summed E-state index contributed by atoms with van der Waals surface area (Å²) in [6, 6.07) is 0. The minimum Gasteiger partial charge on any atom is -0.369 e. The molecule has 0 aromatic carbocycles. The van der Waals surface area contributed by atoms with Gasteiger partial charge in [0.05, 0.1) is 6.54 Å². The molecule has 3 amide bonds. The summed E-state index contributed by atoms with van der Waals surface area (Å²) in [6.07, 6.45) is 6.74. The molecular weight excluding hydrogens is 320 g/mol. The van der Waals surface area contributed by atoms with Crippen molar-refractivity contribution in [2.45, 2.75) is 44.9 Å². The highest BCUT2D eigenvalue weighted by atomic mass is 16.2. The topological polar surface area (TPSA) is 87.0 Å². The Bertz CT molecular complexity index is 524. The number of likely N-dealkylation sites (tertiary alicyclic amines) is 1. The summed E-state index contributed by atoms with van der Waals surface area (Å²) in [5, 5.41) is 0. The summed E-state index contributed by atoms with van der Waals surface area (Å²) >= 11 is 0. The summed E-state index contributed by atoms with van der Waals surface area (Å²) in [4.78, 5) is 42.7. The Morgan fingerprint density at radius 3 is 1.96 bits per heavy atom. The van der Waals surface area contributed by atoms with Crippen molar-refractivity contribution in [2.24, 2.45) is 11.1 Å². The van der Waals surface area contributed by atoms with Crippen LogP contribution < -0.4 is 5.73 Å². The highest BCUT2D eigenvalue weighted by molar-refractivity contribution is 6.07. The number of nitrogens with zero attached hydrogens (tertiary/aromatic N) is 3. The Balaban J connectivity index is 1.51. The van der Waals surface area contributed by atoms with Gasteiger partial charge >= 0.3 is 0 Å². The van der Waals surface area contributed by atoms with Crippen LogP contribution in [-0.4, -0.2) is 78.2 Å². The Labute approximate surface area is 149 Å². The highest BCUT2D eigenvalue weighted by Gasteiger charge is 2.56. The molecule has 2 saturated heterocycles. The Morgan fingerprint density at radius 2 is 1.36 bits per heavy atom. The zero-order valence-corrected chi connectivity index (χ0v) is 15.0. The van der Waals surface area contributed by atoms with Crippen LogP contribution in [0.4, 0.5) is 0 Å². The monoisotopic (exact) mass is 350 g/mol. The fourth-order valence-corrected chi connectivity index (χ4v) is 3.95. The molecule has 2 N–H and O–H groups in total. The minimum atomic E-state index is -0.953. The van der Waals surface area contributed by atoms with Crippen LogP contribution in [0.15, 0.2) is 0 Å². The smallest absolute Gasteiger partial charge is 0.238 e. The van der Waals surface area contributed by atoms with Gasteiger partial charge in [0.1, 0.15) is 5.41 Å². The van der Waals surface area contributed by atoms with Gasteiger partial charge in [-0.05, 0) is 45.2 Å². The SMILES string of the molecule is NC(=O)C1(C(=O)N2CCCN(C(=O)CN3CCCCCC3)CC2)CC1. The Hall–Kier alpha value is -1.63. The van der Waals surface area contributed by atoms with Crippen molar-refractivity contribution in [1.82, 2.24) is 14.7 Å². The molecule has 0 bridgehead atoms. The second-order valence-corrected chi connectivity index (χ2v) is 7.66. The molecule has 0 aromatic heterocycles. The maximum atomic E-state index is 12.6. The van der Waals surface area contributed by atoms with E-state index in [1.54, 1.807) is 4.90 Å². The molecule has 3 aliphatic rings. The molecule has 3 rings (SSSR count). The number of nitrogens with two attached hydrogens (primary N) is 1. The summed E-state index contributed by atoms with van der Waals surface area (Å²) in [6.45, 7) is 4.82. The second kappa shape index (κ2) is 7.72. The van der Waals surface area contributed by atoms with Gasteiger partial charge in [-0.1, -0.05) is 12.8 Å². The number of hydrogen-bond acceptors (Lipinski definition) is 4. The van der Waals surface area contributed by atoms with E-state index >= 15 is 0 Å². The zero-order chi connectivity index (χ0) is 17.9. The lowest BCUT2D eigenvalue weighted by molar-refractivity contribution is -0.143. The fourth-order valence-electron chi connectivity index (χ4n) is 3.95. The van der Waals surface area contributed by atoms with Gasteiger partial charge in [-0.2, -0.15) is 0 Å². The first-order valence-electron chi connectivity index (χ1n) is 9.62. The standard InChI is InChI=1S/C18H30N4O3/c19-16(24)18(6-7-18)17(25)22-11-5-10-21(12-13-22)15(23)14-20-8-3-1-2-4-9-20/h1-14H2,(H2,19,24). The van der Waals surface area contributed by atoms with Crippen molar-refractivity contribution in [3.63, 3.8) is 0 Å². The first-order chi connectivity index (χ1) is 12.0. The van der Waals surface area contributed by atoms with E-state index in [1.807, 2.05) is 4.90 Å². The number of primary amides is 1.